The summed E-state index contributed by atoms with van der Waals surface area (Å²) in [6.07, 6.45) is 0.455. The molecule has 1 unspecified atom stereocenters. The summed E-state index contributed by atoms with van der Waals surface area (Å²) >= 11 is 10.3. The second-order valence-corrected chi connectivity index (χ2v) is 7.01. The van der Waals surface area contributed by atoms with Gasteiger partial charge < -0.3 is 0 Å². The summed E-state index contributed by atoms with van der Waals surface area (Å²) in [6.45, 7) is 0. The van der Waals surface area contributed by atoms with Gasteiger partial charge in [0.15, 0.2) is 0 Å². The van der Waals surface area contributed by atoms with Crippen LogP contribution in [0.4, 0.5) is 4.39 Å². The molecule has 0 saturated heterocycles. The number of rotatable bonds is 4. The van der Waals surface area contributed by atoms with Crippen molar-refractivity contribution in [3.63, 3.8) is 0 Å². The molecule has 0 heterocycles. The Morgan fingerprint density at radius 3 is 2.40 bits per heavy atom. The third-order valence-electron chi connectivity index (χ3n) is 2.97. The maximum Gasteiger partial charge on any atom is 0.126 e. The zero-order chi connectivity index (χ0) is 14.7. The first-order chi connectivity index (χ1) is 9.51. The molecule has 0 fully saturated rings. The first-order valence-electron chi connectivity index (χ1n) is 5.86. The number of hydrazine groups is 1. The first-order valence-corrected chi connectivity index (χ1v) is 8.24. The largest absolute Gasteiger partial charge is 0.271 e. The molecule has 2 rings (SSSR count). The van der Waals surface area contributed by atoms with Gasteiger partial charge in [0, 0.05) is 13.4 Å². The second kappa shape index (κ2) is 7.13. The lowest BCUT2D eigenvalue weighted by molar-refractivity contribution is 0.527. The molecule has 2 aromatic carbocycles. The Morgan fingerprint density at radius 1 is 1.05 bits per heavy atom. The molecule has 0 aromatic heterocycles. The predicted octanol–water partition coefficient (Wildman–Crippen LogP) is 4.86. The first kappa shape index (κ1) is 16.1. The summed E-state index contributed by atoms with van der Waals surface area (Å²) in [6, 6.07) is 10.5. The lowest BCUT2D eigenvalue weighted by atomic mass is 9.99. The van der Waals surface area contributed by atoms with E-state index in [9.17, 15) is 4.39 Å². The van der Waals surface area contributed by atoms with Crippen LogP contribution in [0.25, 0.3) is 0 Å². The smallest absolute Gasteiger partial charge is 0.126 e. The maximum atomic E-state index is 13.9. The monoisotopic (exact) mass is 464 g/mol. The predicted molar refractivity (Wildman–Crippen MR) is 89.7 cm³/mol. The van der Waals surface area contributed by atoms with Gasteiger partial charge in [-0.15, -0.1) is 0 Å². The molecule has 0 bridgehead atoms. The van der Waals surface area contributed by atoms with E-state index in [2.05, 4.69) is 53.2 Å². The topological polar surface area (TPSA) is 38.0 Å². The van der Waals surface area contributed by atoms with Crippen molar-refractivity contribution >= 4 is 47.8 Å². The van der Waals surface area contributed by atoms with Crippen LogP contribution in [-0.4, -0.2) is 0 Å². The molecule has 0 spiro atoms. The average Bonchev–Trinajstić information content (AvgIpc) is 2.42. The van der Waals surface area contributed by atoms with E-state index in [-0.39, 0.29) is 11.9 Å². The van der Waals surface area contributed by atoms with Crippen LogP contribution in [0.5, 0.6) is 0 Å². The van der Waals surface area contributed by atoms with Crippen LogP contribution in [-0.2, 0) is 6.42 Å². The molecule has 20 heavy (non-hydrogen) atoms. The van der Waals surface area contributed by atoms with Gasteiger partial charge in [0.1, 0.15) is 5.82 Å². The van der Waals surface area contributed by atoms with Gasteiger partial charge in [-0.1, -0.05) is 47.8 Å². The molecule has 0 saturated carbocycles. The van der Waals surface area contributed by atoms with E-state index < -0.39 is 0 Å². The van der Waals surface area contributed by atoms with Crippen LogP contribution < -0.4 is 11.3 Å². The van der Waals surface area contributed by atoms with Crippen LogP contribution >= 0.6 is 47.8 Å². The molecule has 3 N–H and O–H groups in total. The third-order valence-corrected chi connectivity index (χ3v) is 4.68. The van der Waals surface area contributed by atoms with Crippen LogP contribution in [0.3, 0.4) is 0 Å². The molecule has 0 amide bonds. The molecule has 1 atom stereocenters. The van der Waals surface area contributed by atoms with E-state index in [1.165, 1.54) is 6.07 Å². The van der Waals surface area contributed by atoms with Gasteiger partial charge in [0.05, 0.1) is 6.04 Å². The number of halogens is 4. The second-order valence-electron chi connectivity index (χ2n) is 4.32. The van der Waals surface area contributed by atoms with Crippen molar-refractivity contribution in [2.45, 2.75) is 12.5 Å². The number of benzene rings is 2. The van der Waals surface area contributed by atoms with Crippen LogP contribution in [0.1, 0.15) is 17.2 Å². The molecule has 6 heteroatoms. The summed E-state index contributed by atoms with van der Waals surface area (Å²) in [5, 5.41) is 0. The average molecular weight is 467 g/mol. The van der Waals surface area contributed by atoms with Crippen molar-refractivity contribution < 1.29 is 4.39 Å². The SMILES string of the molecule is NNC(Cc1cc(Br)ccc1F)c1cc(Br)ccc1Br. The fourth-order valence-electron chi connectivity index (χ4n) is 1.96. The van der Waals surface area contributed by atoms with Gasteiger partial charge in [-0.3, -0.25) is 11.3 Å². The highest BCUT2D eigenvalue weighted by Gasteiger charge is 2.16. The van der Waals surface area contributed by atoms with Gasteiger partial charge in [-0.2, -0.15) is 0 Å². The van der Waals surface area contributed by atoms with Crippen molar-refractivity contribution in [2.24, 2.45) is 5.84 Å². The standard InChI is InChI=1S/C14H12Br3FN2/c15-9-2-4-13(18)8(5-9)6-14(20-19)11-7-10(16)1-3-12(11)17/h1-5,7,14,20H,6,19H2. The van der Waals surface area contributed by atoms with Crippen molar-refractivity contribution in [3.8, 4) is 0 Å². The quantitative estimate of drug-likeness (QED) is 0.499. The zero-order valence-electron chi connectivity index (χ0n) is 10.3. The summed E-state index contributed by atoms with van der Waals surface area (Å²) in [5.74, 6) is 5.40. The van der Waals surface area contributed by atoms with Crippen molar-refractivity contribution in [1.29, 1.82) is 0 Å². The molecule has 0 aliphatic heterocycles. The third kappa shape index (κ3) is 3.89. The molecule has 2 nitrogen and oxygen atoms in total. The highest BCUT2D eigenvalue weighted by atomic mass is 79.9. The number of nitrogens with one attached hydrogen (secondary N) is 1. The molecular formula is C14H12Br3FN2. The minimum Gasteiger partial charge on any atom is -0.271 e. The van der Waals surface area contributed by atoms with Crippen molar-refractivity contribution in [2.75, 3.05) is 0 Å². The van der Waals surface area contributed by atoms with Crippen molar-refractivity contribution in [1.82, 2.24) is 5.43 Å². The van der Waals surface area contributed by atoms with Crippen molar-refractivity contribution in [3.05, 3.63) is 66.8 Å². The maximum absolute atomic E-state index is 13.9. The van der Waals surface area contributed by atoms with Crippen LogP contribution in [0, 0.1) is 5.82 Å². The van der Waals surface area contributed by atoms with E-state index in [4.69, 9.17) is 5.84 Å². The van der Waals surface area contributed by atoms with E-state index in [0.29, 0.717) is 12.0 Å². The minimum absolute atomic E-state index is 0.189. The Balaban J connectivity index is 2.33. The Labute approximate surface area is 142 Å². The Morgan fingerprint density at radius 2 is 1.70 bits per heavy atom. The Hall–Kier alpha value is -0.270. The van der Waals surface area contributed by atoms with Gasteiger partial charge in [-0.25, -0.2) is 4.39 Å². The Kier molecular flexibility index (Phi) is 5.74. The highest BCUT2D eigenvalue weighted by molar-refractivity contribution is 9.11. The lowest BCUT2D eigenvalue weighted by Gasteiger charge is -2.19. The van der Waals surface area contributed by atoms with Crippen LogP contribution in [0.15, 0.2) is 49.8 Å². The lowest BCUT2D eigenvalue weighted by Crippen LogP contribution is -2.30. The fourth-order valence-corrected chi connectivity index (χ4v) is 3.27. The van der Waals surface area contributed by atoms with Gasteiger partial charge in [-0.05, 0) is 53.9 Å². The Bertz CT molecular complexity index is 619. The van der Waals surface area contributed by atoms with Gasteiger partial charge in [0.2, 0.25) is 0 Å². The molecule has 0 aliphatic rings. The summed E-state index contributed by atoms with van der Waals surface area (Å²) < 4.78 is 16.6. The molecule has 0 aliphatic carbocycles. The normalized spacial score (nSPS) is 12.4. The number of hydrogen-bond acceptors (Lipinski definition) is 2. The minimum atomic E-state index is -0.237. The number of nitrogens with two attached hydrogens (primary N) is 1. The van der Waals surface area contributed by atoms with E-state index in [0.717, 1.165) is 19.0 Å². The highest BCUT2D eigenvalue weighted by Crippen LogP contribution is 2.29. The number of hydrogen-bond donors (Lipinski definition) is 2. The molecule has 2 aromatic rings. The summed E-state index contributed by atoms with van der Waals surface area (Å²) in [5.41, 5.74) is 4.33. The van der Waals surface area contributed by atoms with Crippen LogP contribution in [0.2, 0.25) is 0 Å². The summed E-state index contributed by atoms with van der Waals surface area (Å²) in [7, 11) is 0. The molecular weight excluding hydrogens is 455 g/mol. The zero-order valence-corrected chi connectivity index (χ0v) is 15.1. The van der Waals surface area contributed by atoms with Gasteiger partial charge >= 0.3 is 0 Å². The van der Waals surface area contributed by atoms with Gasteiger partial charge in [0.25, 0.3) is 0 Å². The van der Waals surface area contributed by atoms with E-state index in [1.54, 1.807) is 12.1 Å². The summed E-state index contributed by atoms with van der Waals surface area (Å²) in [4.78, 5) is 0. The molecule has 0 radical (unpaired) electrons. The fraction of sp³-hybridized carbons (Fsp3) is 0.143. The van der Waals surface area contributed by atoms with E-state index in [1.807, 2.05) is 18.2 Å². The molecule has 106 valence electrons. The van der Waals surface area contributed by atoms with E-state index >= 15 is 0 Å².